The van der Waals surface area contributed by atoms with Crippen molar-refractivity contribution in [3.63, 3.8) is 0 Å². The van der Waals surface area contributed by atoms with Crippen molar-refractivity contribution in [2.45, 2.75) is 18.8 Å². The Morgan fingerprint density at radius 1 is 1.10 bits per heavy atom. The smallest absolute Gasteiger partial charge is 0.220 e. The summed E-state index contributed by atoms with van der Waals surface area (Å²) in [5.41, 5.74) is 4.50. The number of para-hydroxylation sites is 1. The van der Waals surface area contributed by atoms with E-state index in [4.69, 9.17) is 9.47 Å². The lowest BCUT2D eigenvalue weighted by molar-refractivity contribution is -0.121. The molecule has 1 unspecified atom stereocenters. The standard InChI is InChI=1S/C25H26N2O3S/c1-29-23-8-7-17(13-24(23)30-2)9-11-26-25(28)14-20(18-10-12-31-16-18)21-15-27-22-6-4-3-5-19(21)22/h3-8,10,12-13,15-16,20,27H,9,11,14H2,1-2H3,(H,26,28). The van der Waals surface area contributed by atoms with Gasteiger partial charge in [-0.15, -0.1) is 0 Å². The number of benzene rings is 2. The van der Waals surface area contributed by atoms with Crippen molar-refractivity contribution in [2.75, 3.05) is 20.8 Å². The summed E-state index contributed by atoms with van der Waals surface area (Å²) in [5, 5.41) is 8.44. The molecular weight excluding hydrogens is 408 g/mol. The highest BCUT2D eigenvalue weighted by Gasteiger charge is 2.21. The molecule has 0 spiro atoms. The normalized spacial score (nSPS) is 11.9. The molecule has 31 heavy (non-hydrogen) atoms. The van der Waals surface area contributed by atoms with Crippen molar-refractivity contribution in [1.29, 1.82) is 0 Å². The maximum absolute atomic E-state index is 12.8. The number of aromatic amines is 1. The molecule has 4 rings (SSSR count). The number of H-pyrrole nitrogens is 1. The second kappa shape index (κ2) is 9.71. The van der Waals surface area contributed by atoms with E-state index < -0.39 is 0 Å². The van der Waals surface area contributed by atoms with Crippen LogP contribution in [0.5, 0.6) is 11.5 Å². The number of carbonyl (C=O) groups is 1. The SMILES string of the molecule is COc1ccc(CCNC(=O)CC(c2ccsc2)c2c[nH]c3ccccc23)cc1OC. The molecule has 1 amide bonds. The maximum atomic E-state index is 12.8. The number of hydrogen-bond acceptors (Lipinski definition) is 4. The van der Waals surface area contributed by atoms with E-state index in [0.717, 1.165) is 28.5 Å². The number of amides is 1. The Bertz CT molecular complexity index is 1150. The Labute approximate surface area is 186 Å². The first-order valence-electron chi connectivity index (χ1n) is 10.2. The lowest BCUT2D eigenvalue weighted by Crippen LogP contribution is -2.27. The summed E-state index contributed by atoms with van der Waals surface area (Å²) in [6.07, 6.45) is 3.16. The van der Waals surface area contributed by atoms with Gasteiger partial charge < -0.3 is 19.8 Å². The third-order valence-electron chi connectivity index (χ3n) is 5.52. The molecule has 2 aromatic heterocycles. The van der Waals surface area contributed by atoms with E-state index in [1.807, 2.05) is 36.5 Å². The van der Waals surface area contributed by atoms with E-state index >= 15 is 0 Å². The summed E-state index contributed by atoms with van der Waals surface area (Å²) in [7, 11) is 3.24. The van der Waals surface area contributed by atoms with Crippen molar-refractivity contribution >= 4 is 28.1 Å². The van der Waals surface area contributed by atoms with Crippen LogP contribution in [-0.4, -0.2) is 31.7 Å². The van der Waals surface area contributed by atoms with Gasteiger partial charge in [-0.25, -0.2) is 0 Å². The Morgan fingerprint density at radius 2 is 1.94 bits per heavy atom. The van der Waals surface area contributed by atoms with Crippen molar-refractivity contribution < 1.29 is 14.3 Å². The Morgan fingerprint density at radius 3 is 2.71 bits per heavy atom. The average Bonchev–Trinajstić information content (AvgIpc) is 3.48. The van der Waals surface area contributed by atoms with E-state index in [0.29, 0.717) is 24.5 Å². The van der Waals surface area contributed by atoms with Crippen LogP contribution in [0, 0.1) is 0 Å². The highest BCUT2D eigenvalue weighted by molar-refractivity contribution is 7.08. The summed E-state index contributed by atoms with van der Waals surface area (Å²) < 4.78 is 10.6. The van der Waals surface area contributed by atoms with Crippen LogP contribution >= 0.6 is 11.3 Å². The number of ether oxygens (including phenoxy) is 2. The first-order valence-corrected chi connectivity index (χ1v) is 11.2. The van der Waals surface area contributed by atoms with E-state index in [9.17, 15) is 4.79 Å². The number of nitrogens with one attached hydrogen (secondary N) is 2. The van der Waals surface area contributed by atoms with Crippen LogP contribution in [0.25, 0.3) is 10.9 Å². The fraction of sp³-hybridized carbons (Fsp3) is 0.240. The average molecular weight is 435 g/mol. The third-order valence-corrected chi connectivity index (χ3v) is 6.22. The Hall–Kier alpha value is -3.25. The van der Waals surface area contributed by atoms with Gasteiger partial charge in [-0.1, -0.05) is 24.3 Å². The number of thiophene rings is 1. The van der Waals surface area contributed by atoms with Crippen molar-refractivity contribution in [2.24, 2.45) is 0 Å². The molecule has 6 heteroatoms. The number of carbonyl (C=O) groups excluding carboxylic acids is 1. The Kier molecular flexibility index (Phi) is 6.57. The summed E-state index contributed by atoms with van der Waals surface area (Å²) in [6, 6.07) is 16.2. The minimum absolute atomic E-state index is 0.0171. The summed E-state index contributed by atoms with van der Waals surface area (Å²) in [6.45, 7) is 0.568. The van der Waals surface area contributed by atoms with Crippen molar-refractivity contribution in [1.82, 2.24) is 10.3 Å². The first kappa shape index (κ1) is 21.0. The monoisotopic (exact) mass is 434 g/mol. The molecule has 0 aliphatic rings. The zero-order valence-electron chi connectivity index (χ0n) is 17.7. The molecule has 0 aliphatic carbocycles. The lowest BCUT2D eigenvalue weighted by Gasteiger charge is -2.16. The maximum Gasteiger partial charge on any atom is 0.220 e. The zero-order valence-corrected chi connectivity index (χ0v) is 18.5. The van der Waals surface area contributed by atoms with Gasteiger partial charge in [0.1, 0.15) is 0 Å². The van der Waals surface area contributed by atoms with Gasteiger partial charge in [-0.3, -0.25) is 4.79 Å². The lowest BCUT2D eigenvalue weighted by atomic mass is 9.89. The molecule has 4 aromatic rings. The van der Waals surface area contributed by atoms with Crippen LogP contribution < -0.4 is 14.8 Å². The minimum atomic E-state index is 0.0171. The number of fused-ring (bicyclic) bond motifs is 1. The van der Waals surface area contributed by atoms with Gasteiger partial charge in [0, 0.05) is 36.0 Å². The molecule has 160 valence electrons. The molecule has 0 saturated heterocycles. The summed E-state index contributed by atoms with van der Waals surface area (Å²) >= 11 is 1.66. The van der Waals surface area contributed by atoms with Gasteiger partial charge in [0.15, 0.2) is 11.5 Å². The largest absolute Gasteiger partial charge is 0.493 e. The van der Waals surface area contributed by atoms with Crippen LogP contribution in [0.2, 0.25) is 0 Å². The quantitative estimate of drug-likeness (QED) is 0.384. The highest BCUT2D eigenvalue weighted by Crippen LogP contribution is 2.34. The number of methoxy groups -OCH3 is 2. The fourth-order valence-corrected chi connectivity index (χ4v) is 4.62. The molecule has 2 heterocycles. The van der Waals surface area contributed by atoms with Crippen LogP contribution in [0.3, 0.4) is 0 Å². The number of rotatable bonds is 9. The molecular formula is C25H26N2O3S. The van der Waals surface area contributed by atoms with Crippen molar-refractivity contribution in [3.05, 3.63) is 82.2 Å². The molecule has 0 aliphatic heterocycles. The molecule has 0 bridgehead atoms. The van der Waals surface area contributed by atoms with Gasteiger partial charge in [0.05, 0.1) is 14.2 Å². The van der Waals surface area contributed by atoms with Gasteiger partial charge in [-0.05, 0) is 58.1 Å². The van der Waals surface area contributed by atoms with Crippen LogP contribution in [0.15, 0.2) is 65.5 Å². The van der Waals surface area contributed by atoms with E-state index in [2.05, 4.69) is 39.3 Å². The van der Waals surface area contributed by atoms with Crippen LogP contribution in [0.1, 0.15) is 29.0 Å². The molecule has 2 aromatic carbocycles. The van der Waals surface area contributed by atoms with Gasteiger partial charge in [0.2, 0.25) is 5.91 Å². The van der Waals surface area contributed by atoms with Gasteiger partial charge in [-0.2, -0.15) is 11.3 Å². The van der Waals surface area contributed by atoms with E-state index in [1.54, 1.807) is 25.6 Å². The Balaban J connectivity index is 1.43. The third kappa shape index (κ3) is 4.75. The van der Waals surface area contributed by atoms with E-state index in [-0.39, 0.29) is 11.8 Å². The van der Waals surface area contributed by atoms with Crippen LogP contribution in [-0.2, 0) is 11.2 Å². The molecule has 0 saturated carbocycles. The fourth-order valence-electron chi connectivity index (χ4n) is 3.90. The van der Waals surface area contributed by atoms with Gasteiger partial charge >= 0.3 is 0 Å². The van der Waals surface area contributed by atoms with E-state index in [1.165, 1.54) is 5.56 Å². The molecule has 0 radical (unpaired) electrons. The second-order valence-electron chi connectivity index (χ2n) is 7.39. The summed E-state index contributed by atoms with van der Waals surface area (Å²) in [5.74, 6) is 1.46. The summed E-state index contributed by atoms with van der Waals surface area (Å²) in [4.78, 5) is 16.2. The molecule has 0 fully saturated rings. The van der Waals surface area contributed by atoms with Gasteiger partial charge in [0.25, 0.3) is 0 Å². The minimum Gasteiger partial charge on any atom is -0.493 e. The topological polar surface area (TPSA) is 63.3 Å². The molecule has 2 N–H and O–H groups in total. The highest BCUT2D eigenvalue weighted by atomic mass is 32.1. The number of hydrogen-bond donors (Lipinski definition) is 2. The predicted molar refractivity (Wildman–Crippen MR) is 125 cm³/mol. The molecule has 5 nitrogen and oxygen atoms in total. The van der Waals surface area contributed by atoms with Crippen LogP contribution in [0.4, 0.5) is 0 Å². The molecule has 1 atom stereocenters. The number of aromatic nitrogens is 1. The second-order valence-corrected chi connectivity index (χ2v) is 8.17. The predicted octanol–water partition coefficient (Wildman–Crippen LogP) is 5.13. The first-order chi connectivity index (χ1) is 15.2. The zero-order chi connectivity index (χ0) is 21.6. The van der Waals surface area contributed by atoms with Crippen molar-refractivity contribution in [3.8, 4) is 11.5 Å².